The summed E-state index contributed by atoms with van der Waals surface area (Å²) < 4.78 is 0. The van der Waals surface area contributed by atoms with Crippen LogP contribution in [0.1, 0.15) is 38.5 Å². The number of carbonyl (C=O) groups is 2. The van der Waals surface area contributed by atoms with Gasteiger partial charge in [-0.05, 0) is 12.8 Å². The summed E-state index contributed by atoms with van der Waals surface area (Å²) in [4.78, 5) is 24.5. The topological polar surface area (TPSA) is 75.4 Å². The van der Waals surface area contributed by atoms with Crippen molar-refractivity contribution < 1.29 is 9.59 Å². The lowest BCUT2D eigenvalue weighted by atomic mass is 9.80. The van der Waals surface area contributed by atoms with Crippen molar-refractivity contribution in [1.29, 1.82) is 0 Å². The van der Waals surface area contributed by atoms with Crippen molar-refractivity contribution in [3.63, 3.8) is 0 Å². The van der Waals surface area contributed by atoms with Gasteiger partial charge in [-0.2, -0.15) is 0 Å². The highest BCUT2D eigenvalue weighted by atomic mass is 16.2. The summed E-state index contributed by atoms with van der Waals surface area (Å²) in [5.74, 6) is -0.200. The zero-order chi connectivity index (χ0) is 12.9. The molecule has 0 aliphatic heterocycles. The molecule has 1 saturated carbocycles. The smallest absolute Gasteiger partial charge is 0.239 e. The van der Waals surface area contributed by atoms with Crippen molar-refractivity contribution in [2.24, 2.45) is 5.73 Å². The number of likely N-dealkylation sites (N-methyl/N-ethyl adjacent to an activating group) is 2. The fraction of sp³-hybridized carbons (Fsp3) is 0.833. The maximum atomic E-state index is 11.9. The van der Waals surface area contributed by atoms with Crippen LogP contribution in [0.5, 0.6) is 0 Å². The molecular formula is C12H23N3O2. The van der Waals surface area contributed by atoms with Gasteiger partial charge in [0, 0.05) is 26.1 Å². The highest BCUT2D eigenvalue weighted by Gasteiger charge is 2.31. The van der Waals surface area contributed by atoms with E-state index >= 15 is 0 Å². The molecule has 2 amide bonds. The van der Waals surface area contributed by atoms with Crippen molar-refractivity contribution in [1.82, 2.24) is 10.2 Å². The molecule has 1 fully saturated rings. The molecule has 17 heavy (non-hydrogen) atoms. The van der Waals surface area contributed by atoms with Crippen LogP contribution in [0.25, 0.3) is 0 Å². The molecule has 5 nitrogen and oxygen atoms in total. The van der Waals surface area contributed by atoms with Crippen molar-refractivity contribution in [2.75, 3.05) is 20.6 Å². The zero-order valence-corrected chi connectivity index (χ0v) is 10.8. The molecule has 0 unspecified atom stereocenters. The Labute approximate surface area is 103 Å². The molecule has 0 aromatic rings. The van der Waals surface area contributed by atoms with Crippen LogP contribution in [0, 0.1) is 0 Å². The van der Waals surface area contributed by atoms with Crippen LogP contribution in [0.3, 0.4) is 0 Å². The second-order valence-corrected chi connectivity index (χ2v) is 5.02. The van der Waals surface area contributed by atoms with Gasteiger partial charge in [-0.3, -0.25) is 9.59 Å². The summed E-state index contributed by atoms with van der Waals surface area (Å²) >= 11 is 0. The van der Waals surface area contributed by atoms with Crippen LogP contribution in [-0.2, 0) is 9.59 Å². The van der Waals surface area contributed by atoms with E-state index in [0.717, 1.165) is 25.7 Å². The molecular weight excluding hydrogens is 218 g/mol. The van der Waals surface area contributed by atoms with E-state index in [-0.39, 0.29) is 23.9 Å². The Morgan fingerprint density at radius 2 is 1.88 bits per heavy atom. The number of hydrogen-bond acceptors (Lipinski definition) is 3. The third-order valence-corrected chi connectivity index (χ3v) is 3.44. The van der Waals surface area contributed by atoms with E-state index in [1.54, 1.807) is 14.1 Å². The summed E-state index contributed by atoms with van der Waals surface area (Å²) in [5.41, 5.74) is 5.86. The minimum atomic E-state index is -0.355. The predicted molar refractivity (Wildman–Crippen MR) is 66.3 cm³/mol. The van der Waals surface area contributed by atoms with Crippen LogP contribution in [0.2, 0.25) is 0 Å². The maximum Gasteiger partial charge on any atom is 0.239 e. The Hall–Kier alpha value is -1.10. The molecule has 1 aliphatic rings. The SMILES string of the molecule is CNC(=O)CN(C)C(=O)CC1(N)CCCCC1. The predicted octanol–water partition coefficient (Wildman–Crippen LogP) is 0.243. The first-order valence-electron chi connectivity index (χ1n) is 6.20. The highest BCUT2D eigenvalue weighted by molar-refractivity contribution is 5.84. The van der Waals surface area contributed by atoms with E-state index in [9.17, 15) is 9.59 Å². The molecule has 1 rings (SSSR count). The van der Waals surface area contributed by atoms with Gasteiger partial charge < -0.3 is 16.0 Å². The first kappa shape index (κ1) is 14.0. The molecule has 0 radical (unpaired) electrons. The number of nitrogens with two attached hydrogens (primary N) is 1. The monoisotopic (exact) mass is 241 g/mol. The van der Waals surface area contributed by atoms with Crippen LogP contribution >= 0.6 is 0 Å². The van der Waals surface area contributed by atoms with Gasteiger partial charge in [0.05, 0.1) is 6.54 Å². The van der Waals surface area contributed by atoms with Gasteiger partial charge in [-0.1, -0.05) is 19.3 Å². The number of nitrogens with one attached hydrogen (secondary N) is 1. The molecule has 0 aromatic heterocycles. The average Bonchev–Trinajstić information content (AvgIpc) is 2.29. The zero-order valence-electron chi connectivity index (χ0n) is 10.8. The summed E-state index contributed by atoms with van der Waals surface area (Å²) in [6, 6.07) is 0. The summed E-state index contributed by atoms with van der Waals surface area (Å²) in [6.45, 7) is 0.103. The van der Waals surface area contributed by atoms with Gasteiger partial charge in [-0.25, -0.2) is 0 Å². The second-order valence-electron chi connectivity index (χ2n) is 5.02. The van der Waals surface area contributed by atoms with E-state index in [2.05, 4.69) is 5.32 Å². The molecule has 0 spiro atoms. The van der Waals surface area contributed by atoms with E-state index in [1.807, 2.05) is 0 Å². The lowest BCUT2D eigenvalue weighted by molar-refractivity contribution is -0.135. The van der Waals surface area contributed by atoms with Crippen molar-refractivity contribution in [3.8, 4) is 0 Å². The molecule has 0 atom stereocenters. The van der Waals surface area contributed by atoms with Crippen molar-refractivity contribution >= 4 is 11.8 Å². The lowest BCUT2D eigenvalue weighted by Crippen LogP contribution is -2.47. The Kier molecular flexibility index (Phi) is 4.93. The van der Waals surface area contributed by atoms with Crippen LogP contribution in [0.4, 0.5) is 0 Å². The van der Waals surface area contributed by atoms with Crippen molar-refractivity contribution in [2.45, 2.75) is 44.1 Å². The molecule has 98 valence electrons. The van der Waals surface area contributed by atoms with E-state index in [0.29, 0.717) is 6.42 Å². The highest BCUT2D eigenvalue weighted by Crippen LogP contribution is 2.28. The molecule has 5 heteroatoms. The first-order chi connectivity index (χ1) is 7.97. The summed E-state index contributed by atoms with van der Waals surface area (Å²) in [6.07, 6.45) is 5.58. The third-order valence-electron chi connectivity index (χ3n) is 3.44. The molecule has 0 saturated heterocycles. The number of rotatable bonds is 4. The fourth-order valence-electron chi connectivity index (χ4n) is 2.25. The van der Waals surface area contributed by atoms with Gasteiger partial charge in [0.2, 0.25) is 11.8 Å². The van der Waals surface area contributed by atoms with Gasteiger partial charge in [0.15, 0.2) is 0 Å². The van der Waals surface area contributed by atoms with Gasteiger partial charge in [-0.15, -0.1) is 0 Å². The lowest BCUT2D eigenvalue weighted by Gasteiger charge is -2.34. The van der Waals surface area contributed by atoms with Crippen LogP contribution in [-0.4, -0.2) is 42.9 Å². The average molecular weight is 241 g/mol. The molecule has 3 N–H and O–H groups in total. The summed E-state index contributed by atoms with van der Waals surface area (Å²) in [5, 5.41) is 2.50. The number of hydrogen-bond donors (Lipinski definition) is 2. The van der Waals surface area contributed by atoms with E-state index < -0.39 is 0 Å². The van der Waals surface area contributed by atoms with Gasteiger partial charge in [0.25, 0.3) is 0 Å². The third kappa shape index (κ3) is 4.34. The summed E-state index contributed by atoms with van der Waals surface area (Å²) in [7, 11) is 3.20. The number of nitrogens with zero attached hydrogens (tertiary/aromatic N) is 1. The quantitative estimate of drug-likeness (QED) is 0.740. The van der Waals surface area contributed by atoms with E-state index in [1.165, 1.54) is 11.3 Å². The van der Waals surface area contributed by atoms with Crippen LogP contribution < -0.4 is 11.1 Å². The second kappa shape index (κ2) is 6.00. The number of amides is 2. The largest absolute Gasteiger partial charge is 0.358 e. The number of carbonyl (C=O) groups excluding carboxylic acids is 2. The maximum absolute atomic E-state index is 11.9. The van der Waals surface area contributed by atoms with Gasteiger partial charge >= 0.3 is 0 Å². The Morgan fingerprint density at radius 1 is 1.29 bits per heavy atom. The minimum absolute atomic E-state index is 0.0435. The molecule has 1 aliphatic carbocycles. The molecule has 0 aromatic carbocycles. The normalized spacial score (nSPS) is 18.5. The van der Waals surface area contributed by atoms with Crippen LogP contribution in [0.15, 0.2) is 0 Å². The fourth-order valence-corrected chi connectivity index (χ4v) is 2.25. The van der Waals surface area contributed by atoms with E-state index in [4.69, 9.17) is 5.73 Å². The first-order valence-corrected chi connectivity index (χ1v) is 6.20. The molecule has 0 heterocycles. The Bertz CT molecular complexity index is 285. The molecule has 0 bridgehead atoms. The minimum Gasteiger partial charge on any atom is -0.358 e. The van der Waals surface area contributed by atoms with Crippen molar-refractivity contribution in [3.05, 3.63) is 0 Å². The Balaban J connectivity index is 2.44. The standard InChI is InChI=1S/C12H23N3O2/c1-14-10(16)9-15(2)11(17)8-12(13)6-4-3-5-7-12/h3-9,13H2,1-2H3,(H,14,16). The Morgan fingerprint density at radius 3 is 2.41 bits per heavy atom. The van der Waals surface area contributed by atoms with Gasteiger partial charge in [0.1, 0.15) is 0 Å².